The minimum atomic E-state index is -1.42. The van der Waals surface area contributed by atoms with Gasteiger partial charge in [0.1, 0.15) is 17.6 Å². The molecular formula is C37H69N3O7. The molecule has 1 aliphatic carbocycles. The molecule has 0 aromatic carbocycles. The molecule has 2 heterocycles. The van der Waals surface area contributed by atoms with E-state index in [-0.39, 0.29) is 36.0 Å². The zero-order valence-electron chi connectivity index (χ0n) is 32.1. The van der Waals surface area contributed by atoms with Crippen LogP contribution in [0.15, 0.2) is 0 Å². The van der Waals surface area contributed by atoms with E-state index >= 15 is 0 Å². The molecule has 0 radical (unpaired) electrons. The van der Waals surface area contributed by atoms with E-state index in [1.54, 1.807) is 27.9 Å². The van der Waals surface area contributed by atoms with E-state index in [1.165, 1.54) is 0 Å². The van der Waals surface area contributed by atoms with E-state index in [4.69, 9.17) is 18.9 Å². The van der Waals surface area contributed by atoms with Crippen molar-refractivity contribution >= 4 is 11.8 Å². The summed E-state index contributed by atoms with van der Waals surface area (Å²) in [5.74, 6) is -0.200. The van der Waals surface area contributed by atoms with E-state index < -0.39 is 41.4 Å². The van der Waals surface area contributed by atoms with Crippen molar-refractivity contribution in [2.75, 3.05) is 48.4 Å². The Labute approximate surface area is 286 Å². The van der Waals surface area contributed by atoms with Crippen LogP contribution < -0.4 is 0 Å². The fraction of sp³-hybridized carbons (Fsp3) is 0.946. The fourth-order valence-electron chi connectivity index (χ4n) is 8.54. The van der Waals surface area contributed by atoms with Gasteiger partial charge in [0.05, 0.1) is 17.8 Å². The predicted octanol–water partition coefficient (Wildman–Crippen LogP) is 4.46. The van der Waals surface area contributed by atoms with Crippen LogP contribution in [0.2, 0.25) is 0 Å². The molecule has 10 heteroatoms. The second-order valence-electron chi connectivity index (χ2n) is 16.9. The van der Waals surface area contributed by atoms with Crippen LogP contribution in [-0.2, 0) is 28.5 Å². The lowest BCUT2D eigenvalue weighted by atomic mass is 9.74. The van der Waals surface area contributed by atoms with Gasteiger partial charge in [0.15, 0.2) is 12.1 Å². The molecule has 0 unspecified atom stereocenters. The number of hydrogen-bond donors (Lipinski definition) is 1. The van der Waals surface area contributed by atoms with Crippen LogP contribution >= 0.6 is 0 Å². The summed E-state index contributed by atoms with van der Waals surface area (Å²) >= 11 is 0. The second kappa shape index (κ2) is 16.3. The molecule has 1 N–H and O–H groups in total. The highest BCUT2D eigenvalue weighted by molar-refractivity contribution is 6.04. The van der Waals surface area contributed by atoms with Gasteiger partial charge in [-0.2, -0.15) is 0 Å². The van der Waals surface area contributed by atoms with Gasteiger partial charge in [-0.25, -0.2) is 0 Å². The van der Waals surface area contributed by atoms with E-state index in [0.717, 1.165) is 32.4 Å². The van der Waals surface area contributed by atoms with Crippen molar-refractivity contribution in [1.82, 2.24) is 14.7 Å². The van der Waals surface area contributed by atoms with Gasteiger partial charge in [-0.3, -0.25) is 14.5 Å². The number of carbonyl (C=O) groups is 2. The maximum absolute atomic E-state index is 14.3. The van der Waals surface area contributed by atoms with Gasteiger partial charge in [-0.1, -0.05) is 27.7 Å². The van der Waals surface area contributed by atoms with Crippen LogP contribution in [0.4, 0.5) is 0 Å². The Morgan fingerprint density at radius 1 is 1.04 bits per heavy atom. The van der Waals surface area contributed by atoms with Crippen molar-refractivity contribution in [2.45, 2.75) is 149 Å². The number of aliphatic hydroxyl groups excluding tert-OH is 1. The molecule has 0 bridgehead atoms. The highest BCUT2D eigenvalue weighted by Crippen LogP contribution is 2.40. The molecule has 10 atom stereocenters. The summed E-state index contributed by atoms with van der Waals surface area (Å²) in [6.45, 7) is 19.6. The average molecular weight is 668 g/mol. The summed E-state index contributed by atoms with van der Waals surface area (Å²) in [5, 5.41) is 11.4. The largest absolute Gasteiger partial charge is 0.460 e. The lowest BCUT2D eigenvalue weighted by molar-refractivity contribution is -0.295. The van der Waals surface area contributed by atoms with Crippen molar-refractivity contribution in [3.63, 3.8) is 0 Å². The molecule has 274 valence electrons. The van der Waals surface area contributed by atoms with Crippen molar-refractivity contribution in [1.29, 1.82) is 0 Å². The van der Waals surface area contributed by atoms with Crippen LogP contribution in [0.1, 0.15) is 94.4 Å². The molecule has 0 spiro atoms. The minimum absolute atomic E-state index is 0.0166. The number of ketones is 1. The Kier molecular flexibility index (Phi) is 13.9. The topological polar surface area (TPSA) is 101 Å². The lowest BCUT2D eigenvalue weighted by Crippen LogP contribution is -2.59. The second-order valence-corrected chi connectivity index (χ2v) is 16.9. The van der Waals surface area contributed by atoms with E-state index in [2.05, 4.69) is 44.7 Å². The maximum Gasteiger partial charge on any atom is 0.319 e. The molecule has 2 aliphatic heterocycles. The molecule has 3 fully saturated rings. The summed E-state index contributed by atoms with van der Waals surface area (Å²) in [6.07, 6.45) is 1.28. The number of rotatable bonds is 9. The summed E-state index contributed by atoms with van der Waals surface area (Å²) in [6, 6.07) is 0.444. The van der Waals surface area contributed by atoms with Crippen LogP contribution in [0.5, 0.6) is 0 Å². The Bertz CT molecular complexity index is 1030. The minimum Gasteiger partial charge on any atom is -0.460 e. The summed E-state index contributed by atoms with van der Waals surface area (Å²) in [7, 11) is 9.87. The van der Waals surface area contributed by atoms with E-state index in [9.17, 15) is 14.7 Å². The first-order valence-electron chi connectivity index (χ1n) is 18.1. The highest BCUT2D eigenvalue weighted by Gasteiger charge is 2.52. The van der Waals surface area contributed by atoms with E-state index in [0.29, 0.717) is 30.7 Å². The monoisotopic (exact) mass is 668 g/mol. The number of methoxy groups -OCH3 is 1. The zero-order valence-corrected chi connectivity index (χ0v) is 32.1. The Balaban J connectivity index is 1.92. The van der Waals surface area contributed by atoms with Gasteiger partial charge in [-0.05, 0) is 113 Å². The van der Waals surface area contributed by atoms with Gasteiger partial charge in [-0.15, -0.1) is 0 Å². The van der Waals surface area contributed by atoms with Crippen LogP contribution in [0.3, 0.4) is 0 Å². The summed E-state index contributed by atoms with van der Waals surface area (Å²) < 4.78 is 25.3. The molecule has 47 heavy (non-hydrogen) atoms. The molecule has 2 saturated heterocycles. The van der Waals surface area contributed by atoms with Crippen molar-refractivity contribution in [2.24, 2.45) is 29.1 Å². The first kappa shape index (κ1) is 40.3. The van der Waals surface area contributed by atoms with Gasteiger partial charge >= 0.3 is 5.97 Å². The summed E-state index contributed by atoms with van der Waals surface area (Å²) in [5.41, 5.74) is -2.33. The average Bonchev–Trinajstić information content (AvgIpc) is 2.94. The number of hydrogen-bond acceptors (Lipinski definition) is 10. The Morgan fingerprint density at radius 3 is 2.21 bits per heavy atom. The number of aliphatic hydroxyl groups is 1. The predicted molar refractivity (Wildman–Crippen MR) is 185 cm³/mol. The normalized spacial score (nSPS) is 41.3. The molecule has 0 aromatic heterocycles. The third kappa shape index (κ3) is 9.56. The highest BCUT2D eigenvalue weighted by atomic mass is 16.7. The van der Waals surface area contributed by atoms with Gasteiger partial charge in [0.2, 0.25) is 0 Å². The van der Waals surface area contributed by atoms with Crippen molar-refractivity contribution < 1.29 is 33.6 Å². The fourth-order valence-corrected chi connectivity index (χ4v) is 8.54. The smallest absolute Gasteiger partial charge is 0.319 e. The van der Waals surface area contributed by atoms with Gasteiger partial charge in [0, 0.05) is 44.2 Å². The Hall–Kier alpha value is -1.14. The van der Waals surface area contributed by atoms with Crippen LogP contribution in [0.25, 0.3) is 0 Å². The molecule has 0 amide bonds. The summed E-state index contributed by atoms with van der Waals surface area (Å²) in [4.78, 5) is 35.0. The number of ether oxygens (including phenoxy) is 4. The van der Waals surface area contributed by atoms with Crippen molar-refractivity contribution in [3.8, 4) is 0 Å². The molecule has 0 aromatic rings. The molecule has 3 aliphatic rings. The zero-order chi connectivity index (χ0) is 35.6. The first-order valence-corrected chi connectivity index (χ1v) is 18.1. The number of carbonyl (C=O) groups excluding carboxylic acids is 2. The van der Waals surface area contributed by atoms with Gasteiger partial charge in [0.25, 0.3) is 0 Å². The quantitative estimate of drug-likeness (QED) is 0.280. The van der Waals surface area contributed by atoms with Gasteiger partial charge < -0.3 is 33.9 Å². The van der Waals surface area contributed by atoms with Crippen LogP contribution in [-0.4, -0.2) is 134 Å². The SMILES string of the molecule is CO[C@]1(C)C[C@@H](C)CN(C)[C@H](CC2CC(N(C)CC(C)C)C2)[C@H](C)OC(=O)C(C)(C)C(=O)[C@H](C)[C@H]1O[C@@H]1O[C@H](C)C[C@H](N(C)C)[C@H]1O. The lowest BCUT2D eigenvalue weighted by Gasteiger charge is -2.47. The Morgan fingerprint density at radius 2 is 1.66 bits per heavy atom. The molecule has 3 rings (SSSR count). The van der Waals surface area contributed by atoms with E-state index in [1.807, 2.05) is 39.8 Å². The third-order valence-corrected chi connectivity index (χ3v) is 11.4. The third-order valence-electron chi connectivity index (χ3n) is 11.4. The number of esters is 1. The number of cyclic esters (lactones) is 1. The van der Waals surface area contributed by atoms with Crippen LogP contribution in [0, 0.1) is 29.1 Å². The number of Topliss-reactive ketones (excluding diaryl/α,β-unsaturated/α-hetero) is 1. The molecular weight excluding hydrogens is 598 g/mol. The maximum atomic E-state index is 14.3. The number of likely N-dealkylation sites (N-methyl/N-ethyl adjacent to an activating group) is 2. The molecule has 10 nitrogen and oxygen atoms in total. The number of nitrogens with zero attached hydrogens (tertiary/aromatic N) is 3. The standard InChI is InChI=1S/C37H69N3O7/c1-22(2)20-39(12)28-16-27(17-28)18-29-26(6)46-35(43)36(7,8)32(42)25(5)33(37(9,44-14)19-23(3)21-40(29)13)47-34-31(41)30(38(10)11)15-24(4)45-34/h22-31,33-34,41H,15-21H2,1-14H3/t23-,24-,25+,26+,27?,28?,29-,30+,31-,33-,34+,37-/m1/s1. The van der Waals surface area contributed by atoms with Crippen molar-refractivity contribution in [3.05, 3.63) is 0 Å². The first-order chi connectivity index (χ1) is 21.7. The molecule has 1 saturated carbocycles.